The van der Waals surface area contributed by atoms with Gasteiger partial charge >= 0.3 is 0 Å². The molecule has 0 spiro atoms. The zero-order chi connectivity index (χ0) is 17.6. The molecule has 2 heterocycles. The Morgan fingerprint density at radius 2 is 1.68 bits per heavy atom. The molecule has 1 N–H and O–H groups in total. The van der Waals surface area contributed by atoms with Crippen LogP contribution >= 0.6 is 0 Å². The van der Waals surface area contributed by atoms with Gasteiger partial charge in [-0.1, -0.05) is 17.7 Å². The van der Waals surface area contributed by atoms with E-state index in [0.29, 0.717) is 18.5 Å². The second kappa shape index (κ2) is 5.88. The normalized spacial score (nSPS) is 16.5. The van der Waals surface area contributed by atoms with Crippen LogP contribution in [-0.2, 0) is 27.7 Å². The molecule has 4 rings (SSSR count). The van der Waals surface area contributed by atoms with Gasteiger partial charge in [-0.25, -0.2) is 8.42 Å². The third-order valence-electron chi connectivity index (χ3n) is 4.86. The van der Waals surface area contributed by atoms with Crippen molar-refractivity contribution in [3.8, 4) is 0 Å². The van der Waals surface area contributed by atoms with Gasteiger partial charge in [0.15, 0.2) is 0 Å². The standard InChI is InChI=1S/C19H20N2O3S/c1-13-4-7-16(8-5-13)20-25(23,24)17-11-14-3-2-10-21-18(22)9-6-15(12-17)19(14)21/h4-5,7-8,11-12,20H,2-3,6,9-10H2,1H3. The summed E-state index contributed by atoms with van der Waals surface area (Å²) in [5.74, 6) is 0.141. The number of hydrogen-bond acceptors (Lipinski definition) is 3. The monoisotopic (exact) mass is 356 g/mol. The minimum absolute atomic E-state index is 0.141. The van der Waals surface area contributed by atoms with Crippen molar-refractivity contribution in [3.63, 3.8) is 0 Å². The highest BCUT2D eigenvalue weighted by Gasteiger charge is 2.31. The number of sulfonamides is 1. The van der Waals surface area contributed by atoms with E-state index in [4.69, 9.17) is 0 Å². The van der Waals surface area contributed by atoms with E-state index >= 15 is 0 Å². The predicted octanol–water partition coefficient (Wildman–Crippen LogP) is 3.02. The first-order valence-electron chi connectivity index (χ1n) is 8.50. The number of benzene rings is 2. The number of rotatable bonds is 3. The molecule has 2 aliphatic heterocycles. The van der Waals surface area contributed by atoms with Crippen LogP contribution in [0.5, 0.6) is 0 Å². The van der Waals surface area contributed by atoms with Gasteiger partial charge in [-0.15, -0.1) is 0 Å². The first-order valence-corrected chi connectivity index (χ1v) is 9.98. The van der Waals surface area contributed by atoms with E-state index < -0.39 is 10.0 Å². The Balaban J connectivity index is 1.73. The number of amides is 1. The fourth-order valence-corrected chi connectivity index (χ4v) is 4.77. The molecule has 0 atom stereocenters. The summed E-state index contributed by atoms with van der Waals surface area (Å²) >= 11 is 0. The first kappa shape index (κ1) is 16.1. The molecule has 2 aliphatic rings. The summed E-state index contributed by atoms with van der Waals surface area (Å²) in [6, 6.07) is 10.7. The van der Waals surface area contributed by atoms with Crippen LogP contribution in [0.3, 0.4) is 0 Å². The van der Waals surface area contributed by atoms with Crippen molar-refractivity contribution in [3.05, 3.63) is 53.1 Å². The number of nitrogens with zero attached hydrogens (tertiary/aromatic N) is 1. The number of nitrogens with one attached hydrogen (secondary N) is 1. The predicted molar refractivity (Wildman–Crippen MR) is 97.4 cm³/mol. The van der Waals surface area contributed by atoms with Gasteiger partial charge in [0.25, 0.3) is 10.0 Å². The van der Waals surface area contributed by atoms with Gasteiger partial charge < -0.3 is 4.90 Å². The minimum atomic E-state index is -3.65. The molecule has 1 amide bonds. The van der Waals surface area contributed by atoms with E-state index in [9.17, 15) is 13.2 Å². The Labute approximate surface area is 147 Å². The molecular formula is C19H20N2O3S. The SMILES string of the molecule is Cc1ccc(NS(=O)(=O)c2cc3c4c(c2)CCC(=O)N4CCC3)cc1. The molecule has 2 aromatic rings. The van der Waals surface area contributed by atoms with Crippen molar-refractivity contribution in [2.75, 3.05) is 16.2 Å². The summed E-state index contributed by atoms with van der Waals surface area (Å²) in [5, 5.41) is 0. The van der Waals surface area contributed by atoms with E-state index in [1.807, 2.05) is 24.0 Å². The Bertz CT molecular complexity index is 932. The van der Waals surface area contributed by atoms with Crippen molar-refractivity contribution in [2.45, 2.75) is 37.5 Å². The fourth-order valence-electron chi connectivity index (χ4n) is 3.61. The van der Waals surface area contributed by atoms with Crippen LogP contribution in [0.2, 0.25) is 0 Å². The molecule has 0 bridgehead atoms. The van der Waals surface area contributed by atoms with E-state index in [1.54, 1.807) is 24.3 Å². The topological polar surface area (TPSA) is 66.5 Å². The molecule has 0 fully saturated rings. The van der Waals surface area contributed by atoms with Crippen molar-refractivity contribution in [1.82, 2.24) is 0 Å². The molecule has 0 saturated carbocycles. The Hall–Kier alpha value is -2.34. The van der Waals surface area contributed by atoms with Gasteiger partial charge in [-0.05, 0) is 61.6 Å². The smallest absolute Gasteiger partial charge is 0.261 e. The van der Waals surface area contributed by atoms with Gasteiger partial charge in [-0.3, -0.25) is 9.52 Å². The van der Waals surface area contributed by atoms with Crippen molar-refractivity contribution < 1.29 is 13.2 Å². The fraction of sp³-hybridized carbons (Fsp3) is 0.316. The summed E-state index contributed by atoms with van der Waals surface area (Å²) in [4.78, 5) is 14.2. The van der Waals surface area contributed by atoms with E-state index in [0.717, 1.165) is 41.8 Å². The van der Waals surface area contributed by atoms with Crippen LogP contribution in [0, 0.1) is 6.92 Å². The number of carbonyl (C=O) groups excluding carboxylic acids is 1. The Kier molecular flexibility index (Phi) is 3.80. The number of carbonyl (C=O) groups is 1. The van der Waals surface area contributed by atoms with Gasteiger partial charge in [-0.2, -0.15) is 0 Å². The molecule has 6 heteroatoms. The quantitative estimate of drug-likeness (QED) is 0.919. The van der Waals surface area contributed by atoms with Crippen LogP contribution in [0.4, 0.5) is 11.4 Å². The second-order valence-electron chi connectivity index (χ2n) is 6.71. The van der Waals surface area contributed by atoms with Crippen molar-refractivity contribution >= 4 is 27.3 Å². The molecule has 0 unspecified atom stereocenters. The zero-order valence-electron chi connectivity index (χ0n) is 14.1. The van der Waals surface area contributed by atoms with E-state index in [1.165, 1.54) is 0 Å². The third kappa shape index (κ3) is 2.91. The maximum atomic E-state index is 12.8. The molecule has 5 nitrogen and oxygen atoms in total. The minimum Gasteiger partial charge on any atom is -0.312 e. The highest BCUT2D eigenvalue weighted by atomic mass is 32.2. The number of hydrogen-bond donors (Lipinski definition) is 1. The summed E-state index contributed by atoms with van der Waals surface area (Å²) < 4.78 is 28.3. The molecular weight excluding hydrogens is 336 g/mol. The Morgan fingerprint density at radius 1 is 1.00 bits per heavy atom. The van der Waals surface area contributed by atoms with Crippen LogP contribution in [0.25, 0.3) is 0 Å². The first-order chi connectivity index (χ1) is 11.9. The average Bonchev–Trinajstić information content (AvgIpc) is 2.60. The number of anilines is 2. The van der Waals surface area contributed by atoms with Gasteiger partial charge in [0.2, 0.25) is 5.91 Å². The highest BCUT2D eigenvalue weighted by molar-refractivity contribution is 7.92. The van der Waals surface area contributed by atoms with Crippen LogP contribution < -0.4 is 9.62 Å². The molecule has 25 heavy (non-hydrogen) atoms. The summed E-state index contributed by atoms with van der Waals surface area (Å²) in [5.41, 5.74) is 4.48. The van der Waals surface area contributed by atoms with Gasteiger partial charge in [0.1, 0.15) is 0 Å². The largest absolute Gasteiger partial charge is 0.312 e. The lowest BCUT2D eigenvalue weighted by Gasteiger charge is -2.35. The summed E-state index contributed by atoms with van der Waals surface area (Å²) in [6.07, 6.45) is 2.72. The van der Waals surface area contributed by atoms with Crippen molar-refractivity contribution in [2.24, 2.45) is 0 Å². The Morgan fingerprint density at radius 3 is 2.40 bits per heavy atom. The van der Waals surface area contributed by atoms with Crippen LogP contribution in [-0.4, -0.2) is 20.9 Å². The van der Waals surface area contributed by atoms with Crippen LogP contribution in [0.15, 0.2) is 41.3 Å². The maximum Gasteiger partial charge on any atom is 0.261 e. The number of aryl methyl sites for hydroxylation is 3. The van der Waals surface area contributed by atoms with Crippen LogP contribution in [0.1, 0.15) is 29.5 Å². The van der Waals surface area contributed by atoms with Gasteiger partial charge in [0, 0.05) is 18.7 Å². The van der Waals surface area contributed by atoms with E-state index in [-0.39, 0.29) is 10.8 Å². The molecule has 0 aliphatic carbocycles. The summed E-state index contributed by atoms with van der Waals surface area (Å²) in [6.45, 7) is 2.69. The highest BCUT2D eigenvalue weighted by Crippen LogP contribution is 2.37. The second-order valence-corrected chi connectivity index (χ2v) is 8.39. The lowest BCUT2D eigenvalue weighted by Crippen LogP contribution is -2.39. The molecule has 2 aromatic carbocycles. The summed E-state index contributed by atoms with van der Waals surface area (Å²) in [7, 11) is -3.65. The van der Waals surface area contributed by atoms with E-state index in [2.05, 4.69) is 4.72 Å². The lowest BCUT2D eigenvalue weighted by atomic mass is 9.92. The lowest BCUT2D eigenvalue weighted by molar-refractivity contribution is -0.119. The molecule has 0 saturated heterocycles. The van der Waals surface area contributed by atoms with Crippen molar-refractivity contribution in [1.29, 1.82) is 0 Å². The molecule has 0 radical (unpaired) electrons. The molecule has 130 valence electrons. The molecule has 0 aromatic heterocycles. The maximum absolute atomic E-state index is 12.8. The zero-order valence-corrected chi connectivity index (χ0v) is 14.9. The third-order valence-corrected chi connectivity index (χ3v) is 6.22. The van der Waals surface area contributed by atoms with Gasteiger partial charge in [0.05, 0.1) is 10.6 Å². The average molecular weight is 356 g/mol.